The average molecular weight is 385 g/mol. The third kappa shape index (κ3) is 2.99. The summed E-state index contributed by atoms with van der Waals surface area (Å²) in [6.07, 6.45) is 3.09. The minimum atomic E-state index is -3.61. The van der Waals surface area contributed by atoms with E-state index in [9.17, 15) is 8.42 Å². The van der Waals surface area contributed by atoms with Crippen LogP contribution in [0.15, 0.2) is 57.0 Å². The van der Waals surface area contributed by atoms with Gasteiger partial charge in [-0.3, -0.25) is 9.29 Å². The molecule has 0 aliphatic carbocycles. The van der Waals surface area contributed by atoms with Crippen molar-refractivity contribution in [1.82, 2.24) is 14.8 Å². The first-order chi connectivity index (χ1) is 10.1. The maximum atomic E-state index is 12.3. The zero-order valence-electron chi connectivity index (χ0n) is 10.5. The van der Waals surface area contributed by atoms with E-state index < -0.39 is 10.0 Å². The maximum Gasteiger partial charge on any atom is 0.272 e. The molecule has 0 saturated heterocycles. The van der Waals surface area contributed by atoms with Crippen molar-refractivity contribution in [2.45, 2.75) is 4.21 Å². The number of hydrogen-bond donors (Lipinski definition) is 1. The van der Waals surface area contributed by atoms with E-state index in [1.165, 1.54) is 0 Å². The van der Waals surface area contributed by atoms with Gasteiger partial charge in [0.1, 0.15) is 12.7 Å². The molecule has 1 N–H and O–H groups in total. The molecule has 21 heavy (non-hydrogen) atoms. The fourth-order valence-corrected chi connectivity index (χ4v) is 5.13. The minimum Gasteiger partial charge on any atom is -0.288 e. The van der Waals surface area contributed by atoms with E-state index in [0.717, 1.165) is 17.0 Å². The van der Waals surface area contributed by atoms with Gasteiger partial charge in [-0.2, -0.15) is 0 Å². The SMILES string of the molecule is O=S(=O)(Nc1cccc(-n2cnnc2)c1)c1sccc1Br. The van der Waals surface area contributed by atoms with Gasteiger partial charge in [-0.15, -0.1) is 21.5 Å². The lowest BCUT2D eigenvalue weighted by molar-refractivity contribution is 0.603. The molecule has 0 radical (unpaired) electrons. The predicted octanol–water partition coefficient (Wildman–Crippen LogP) is 2.89. The zero-order valence-corrected chi connectivity index (χ0v) is 13.7. The number of benzene rings is 1. The van der Waals surface area contributed by atoms with Gasteiger partial charge in [-0.05, 0) is 45.6 Å². The molecule has 0 atom stereocenters. The zero-order chi connectivity index (χ0) is 14.9. The van der Waals surface area contributed by atoms with Gasteiger partial charge in [0.2, 0.25) is 0 Å². The standard InChI is InChI=1S/C12H9BrN4O2S2/c13-11-4-5-20-12(11)21(18,19)16-9-2-1-3-10(6-9)17-7-14-15-8-17/h1-8,16H. The van der Waals surface area contributed by atoms with Gasteiger partial charge in [-0.1, -0.05) is 6.07 Å². The first-order valence-electron chi connectivity index (χ1n) is 5.77. The lowest BCUT2D eigenvalue weighted by Gasteiger charge is -2.09. The first kappa shape index (κ1) is 14.2. The fraction of sp³-hybridized carbons (Fsp3) is 0. The molecule has 0 amide bonds. The molecule has 9 heteroatoms. The lowest BCUT2D eigenvalue weighted by Crippen LogP contribution is -2.12. The Morgan fingerprint density at radius 3 is 2.62 bits per heavy atom. The summed E-state index contributed by atoms with van der Waals surface area (Å²) in [5.41, 5.74) is 1.24. The van der Waals surface area contributed by atoms with Crippen molar-refractivity contribution in [3.05, 3.63) is 52.8 Å². The summed E-state index contributed by atoms with van der Waals surface area (Å²) < 4.78 is 29.7. The average Bonchev–Trinajstić information content (AvgIpc) is 3.09. The number of nitrogens with one attached hydrogen (secondary N) is 1. The molecule has 3 aromatic rings. The fourth-order valence-electron chi connectivity index (χ4n) is 1.74. The second kappa shape index (κ2) is 5.58. The van der Waals surface area contributed by atoms with Crippen LogP contribution in [0.1, 0.15) is 0 Å². The molecule has 2 aromatic heterocycles. The predicted molar refractivity (Wildman–Crippen MR) is 84.2 cm³/mol. The van der Waals surface area contributed by atoms with Crippen LogP contribution in [-0.4, -0.2) is 23.2 Å². The number of sulfonamides is 1. The highest BCUT2D eigenvalue weighted by molar-refractivity contribution is 9.10. The highest BCUT2D eigenvalue weighted by Crippen LogP contribution is 2.29. The van der Waals surface area contributed by atoms with Crippen molar-refractivity contribution in [3.8, 4) is 5.69 Å². The van der Waals surface area contributed by atoms with Crippen LogP contribution in [0.25, 0.3) is 5.69 Å². The summed E-state index contributed by atoms with van der Waals surface area (Å²) in [5, 5.41) is 9.16. The van der Waals surface area contributed by atoms with Crippen molar-refractivity contribution in [1.29, 1.82) is 0 Å². The van der Waals surface area contributed by atoms with Crippen LogP contribution in [0.2, 0.25) is 0 Å². The second-order valence-corrected chi connectivity index (χ2v) is 7.73. The van der Waals surface area contributed by atoms with Crippen molar-refractivity contribution >= 4 is 43.0 Å². The number of hydrogen-bond acceptors (Lipinski definition) is 5. The molecular formula is C12H9BrN4O2S2. The third-order valence-electron chi connectivity index (χ3n) is 2.64. The van der Waals surface area contributed by atoms with E-state index in [4.69, 9.17) is 0 Å². The number of rotatable bonds is 4. The van der Waals surface area contributed by atoms with Crippen LogP contribution < -0.4 is 4.72 Å². The quantitative estimate of drug-likeness (QED) is 0.749. The molecule has 0 aliphatic rings. The van der Waals surface area contributed by atoms with E-state index in [0.29, 0.717) is 10.2 Å². The third-order valence-corrected chi connectivity index (χ3v) is 6.70. The Hall–Kier alpha value is -1.71. The second-order valence-electron chi connectivity index (χ2n) is 4.08. The minimum absolute atomic E-state index is 0.247. The van der Waals surface area contributed by atoms with Crippen LogP contribution in [-0.2, 0) is 10.0 Å². The maximum absolute atomic E-state index is 12.3. The first-order valence-corrected chi connectivity index (χ1v) is 8.93. The van der Waals surface area contributed by atoms with Gasteiger partial charge in [0, 0.05) is 4.47 Å². The summed E-state index contributed by atoms with van der Waals surface area (Å²) in [6.45, 7) is 0. The number of anilines is 1. The molecule has 1 aromatic carbocycles. The molecule has 2 heterocycles. The van der Waals surface area contributed by atoms with Gasteiger partial charge >= 0.3 is 0 Å². The number of aromatic nitrogens is 3. The topological polar surface area (TPSA) is 76.9 Å². The summed E-state index contributed by atoms with van der Waals surface area (Å²) in [4.78, 5) is 0. The Balaban J connectivity index is 1.92. The van der Waals surface area contributed by atoms with Crippen molar-refractivity contribution < 1.29 is 8.42 Å². The molecule has 6 nitrogen and oxygen atoms in total. The normalized spacial score (nSPS) is 11.5. The van der Waals surface area contributed by atoms with E-state index in [1.807, 2.05) is 6.07 Å². The lowest BCUT2D eigenvalue weighted by atomic mass is 10.3. The molecule has 0 aliphatic heterocycles. The van der Waals surface area contributed by atoms with E-state index in [1.54, 1.807) is 46.9 Å². The molecule has 0 unspecified atom stereocenters. The van der Waals surface area contributed by atoms with Crippen LogP contribution in [0, 0.1) is 0 Å². The van der Waals surface area contributed by atoms with E-state index in [-0.39, 0.29) is 4.21 Å². The number of nitrogens with zero attached hydrogens (tertiary/aromatic N) is 3. The molecule has 0 saturated carbocycles. The van der Waals surface area contributed by atoms with Crippen molar-refractivity contribution in [2.24, 2.45) is 0 Å². The Morgan fingerprint density at radius 2 is 1.95 bits per heavy atom. The highest BCUT2D eigenvalue weighted by atomic mass is 79.9. The summed E-state index contributed by atoms with van der Waals surface area (Å²) in [7, 11) is -3.61. The Bertz CT molecular complexity index is 859. The number of halogens is 1. The molecule has 0 fully saturated rings. The van der Waals surface area contributed by atoms with Crippen LogP contribution in [0.4, 0.5) is 5.69 Å². The molecular weight excluding hydrogens is 376 g/mol. The van der Waals surface area contributed by atoms with Gasteiger partial charge in [0.15, 0.2) is 4.21 Å². The monoisotopic (exact) mass is 384 g/mol. The Kier molecular flexibility index (Phi) is 3.79. The largest absolute Gasteiger partial charge is 0.288 e. The summed E-state index contributed by atoms with van der Waals surface area (Å²) in [6, 6.07) is 8.70. The van der Waals surface area contributed by atoms with Gasteiger partial charge in [0.25, 0.3) is 10.0 Å². The molecule has 3 rings (SSSR count). The van der Waals surface area contributed by atoms with Crippen molar-refractivity contribution in [2.75, 3.05) is 4.72 Å². The van der Waals surface area contributed by atoms with E-state index in [2.05, 4.69) is 30.8 Å². The van der Waals surface area contributed by atoms with Crippen LogP contribution >= 0.6 is 27.3 Å². The van der Waals surface area contributed by atoms with Gasteiger partial charge in [0.05, 0.1) is 11.4 Å². The smallest absolute Gasteiger partial charge is 0.272 e. The molecule has 0 bridgehead atoms. The van der Waals surface area contributed by atoms with Gasteiger partial charge < -0.3 is 0 Å². The summed E-state index contributed by atoms with van der Waals surface area (Å²) in [5.74, 6) is 0. The van der Waals surface area contributed by atoms with Gasteiger partial charge in [-0.25, -0.2) is 8.42 Å². The Labute approximate surface area is 133 Å². The van der Waals surface area contributed by atoms with E-state index >= 15 is 0 Å². The molecule has 108 valence electrons. The van der Waals surface area contributed by atoms with Crippen molar-refractivity contribution in [3.63, 3.8) is 0 Å². The van der Waals surface area contributed by atoms with Crippen LogP contribution in [0.3, 0.4) is 0 Å². The number of thiophene rings is 1. The van der Waals surface area contributed by atoms with Crippen LogP contribution in [0.5, 0.6) is 0 Å². The molecule has 0 spiro atoms. The Morgan fingerprint density at radius 1 is 1.19 bits per heavy atom. The highest BCUT2D eigenvalue weighted by Gasteiger charge is 2.19. The summed E-state index contributed by atoms with van der Waals surface area (Å²) >= 11 is 4.39.